The molecule has 0 radical (unpaired) electrons. The summed E-state index contributed by atoms with van der Waals surface area (Å²) < 4.78 is 10.6. The highest BCUT2D eigenvalue weighted by molar-refractivity contribution is 6.12. The number of ether oxygens (including phenoxy) is 2. The van der Waals surface area contributed by atoms with Crippen molar-refractivity contribution in [2.45, 2.75) is 33.9 Å². The number of aromatic amines is 1. The lowest BCUT2D eigenvalue weighted by Gasteiger charge is -2.19. The van der Waals surface area contributed by atoms with E-state index in [9.17, 15) is 4.79 Å². The summed E-state index contributed by atoms with van der Waals surface area (Å²) in [5.41, 5.74) is 4.25. The molecule has 0 bridgehead atoms. The summed E-state index contributed by atoms with van der Waals surface area (Å²) in [5.74, 6) is -0.415. The lowest BCUT2D eigenvalue weighted by atomic mass is 10.0. The lowest BCUT2D eigenvalue weighted by Crippen LogP contribution is -2.22. The third-order valence-electron chi connectivity index (χ3n) is 4.90. The Morgan fingerprint density at radius 1 is 1.15 bits per heavy atom. The van der Waals surface area contributed by atoms with E-state index in [0.29, 0.717) is 18.9 Å². The van der Waals surface area contributed by atoms with E-state index in [0.717, 1.165) is 47.0 Å². The molecule has 0 unspecified atom stereocenters. The maximum Gasteiger partial charge on any atom is 0.357 e. The summed E-state index contributed by atoms with van der Waals surface area (Å²) in [4.78, 5) is 22.6. The smallest absolute Gasteiger partial charge is 0.357 e. The Kier molecular flexibility index (Phi) is 6.08. The molecule has 0 fully saturated rings. The molecule has 0 saturated heterocycles. The number of fused-ring (bicyclic) bond motifs is 3. The summed E-state index contributed by atoms with van der Waals surface area (Å²) >= 11 is 0. The number of nitrogens with zero attached hydrogens (tertiary/aromatic N) is 2. The van der Waals surface area contributed by atoms with Crippen LogP contribution < -0.4 is 0 Å². The first-order chi connectivity index (χ1) is 13.1. The minimum absolute atomic E-state index is 0.297. The number of hydrogen-bond acceptors (Lipinski definition) is 5. The number of hydrogen-bond donors (Lipinski definition) is 1. The number of esters is 1. The molecule has 6 nitrogen and oxygen atoms in total. The molecule has 6 heteroatoms. The first-order valence-electron chi connectivity index (χ1n) is 9.44. The zero-order chi connectivity index (χ0) is 19.4. The summed E-state index contributed by atoms with van der Waals surface area (Å²) in [6.45, 7) is 9.54. The molecule has 0 aliphatic carbocycles. The van der Waals surface area contributed by atoms with E-state index in [-0.39, 0.29) is 0 Å². The van der Waals surface area contributed by atoms with E-state index >= 15 is 0 Å². The van der Waals surface area contributed by atoms with E-state index in [1.807, 2.05) is 0 Å². The van der Waals surface area contributed by atoms with Crippen molar-refractivity contribution < 1.29 is 14.3 Å². The quantitative estimate of drug-likeness (QED) is 0.610. The molecule has 2 aromatic heterocycles. The Bertz CT molecular complexity index is 945. The van der Waals surface area contributed by atoms with Gasteiger partial charge in [0.05, 0.1) is 24.9 Å². The Labute approximate surface area is 159 Å². The van der Waals surface area contributed by atoms with Crippen molar-refractivity contribution in [3.05, 3.63) is 41.2 Å². The van der Waals surface area contributed by atoms with Crippen LogP contribution in [0.2, 0.25) is 0 Å². The van der Waals surface area contributed by atoms with Crippen LogP contribution in [0.25, 0.3) is 21.8 Å². The predicted molar refractivity (Wildman–Crippen MR) is 107 cm³/mol. The molecule has 2 heterocycles. The fourth-order valence-corrected chi connectivity index (χ4v) is 3.56. The molecule has 1 aromatic carbocycles. The van der Waals surface area contributed by atoms with Gasteiger partial charge in [0, 0.05) is 35.5 Å². The van der Waals surface area contributed by atoms with Crippen molar-refractivity contribution in [2.24, 2.45) is 0 Å². The fourth-order valence-electron chi connectivity index (χ4n) is 3.56. The molecule has 0 atom stereocenters. The highest BCUT2D eigenvalue weighted by atomic mass is 16.5. The maximum absolute atomic E-state index is 12.4. The van der Waals surface area contributed by atoms with Crippen molar-refractivity contribution in [1.29, 1.82) is 0 Å². The van der Waals surface area contributed by atoms with Gasteiger partial charge in [0.15, 0.2) is 5.69 Å². The van der Waals surface area contributed by atoms with Gasteiger partial charge in [-0.2, -0.15) is 0 Å². The first kappa shape index (κ1) is 19.3. The zero-order valence-electron chi connectivity index (χ0n) is 16.5. The van der Waals surface area contributed by atoms with Crippen LogP contribution in [-0.4, -0.2) is 47.6 Å². The monoisotopic (exact) mass is 369 g/mol. The number of H-pyrrole nitrogens is 1. The number of nitrogens with one attached hydrogen (secondary N) is 1. The molecule has 0 amide bonds. The van der Waals surface area contributed by atoms with Crippen molar-refractivity contribution in [3.63, 3.8) is 0 Å². The normalized spacial score (nSPS) is 11.6. The number of aromatic nitrogens is 2. The predicted octanol–water partition coefficient (Wildman–Crippen LogP) is 3.88. The number of benzene rings is 1. The van der Waals surface area contributed by atoms with Gasteiger partial charge in [-0.1, -0.05) is 26.0 Å². The van der Waals surface area contributed by atoms with Crippen LogP contribution in [0.4, 0.5) is 0 Å². The molecular weight excluding hydrogens is 342 g/mol. The number of rotatable bonds is 8. The van der Waals surface area contributed by atoms with Gasteiger partial charge in [0.25, 0.3) is 0 Å². The Hall–Kier alpha value is -2.44. The van der Waals surface area contributed by atoms with Crippen molar-refractivity contribution >= 4 is 27.8 Å². The average Bonchev–Trinajstić information content (AvgIpc) is 3.06. The molecule has 3 aromatic rings. The van der Waals surface area contributed by atoms with E-state index in [2.05, 4.69) is 46.9 Å². The van der Waals surface area contributed by atoms with Crippen LogP contribution in [0.5, 0.6) is 0 Å². The van der Waals surface area contributed by atoms with Crippen LogP contribution in [-0.2, 0) is 22.6 Å². The van der Waals surface area contributed by atoms with E-state index in [1.54, 1.807) is 20.2 Å². The summed E-state index contributed by atoms with van der Waals surface area (Å²) in [6.07, 6.45) is 1.71. The Balaban J connectivity index is 2.28. The average molecular weight is 369 g/mol. The number of carbonyl (C=O) groups is 1. The third kappa shape index (κ3) is 3.68. The van der Waals surface area contributed by atoms with Gasteiger partial charge in [-0.3, -0.25) is 4.90 Å². The minimum atomic E-state index is -0.415. The molecule has 3 rings (SSSR count). The molecular formula is C21H27N3O3. The Morgan fingerprint density at radius 2 is 1.93 bits per heavy atom. The standard InChI is InChI=1S/C21H27N3O3/c1-5-24(6-2)12-14-9-8-10-16-18(14)19-15(13-26-4)20(21(25)27-7-3)22-11-17(19)23-16/h8-11,23H,5-7,12-13H2,1-4H3. The van der Waals surface area contributed by atoms with E-state index < -0.39 is 5.97 Å². The minimum Gasteiger partial charge on any atom is -0.461 e. The van der Waals surface area contributed by atoms with Crippen LogP contribution in [0, 0.1) is 0 Å². The van der Waals surface area contributed by atoms with Crippen molar-refractivity contribution in [1.82, 2.24) is 14.9 Å². The molecule has 144 valence electrons. The molecule has 0 spiro atoms. The third-order valence-corrected chi connectivity index (χ3v) is 4.90. The second-order valence-corrected chi connectivity index (χ2v) is 6.45. The molecule has 0 aliphatic rings. The molecule has 0 saturated carbocycles. The maximum atomic E-state index is 12.4. The second kappa shape index (κ2) is 8.50. The van der Waals surface area contributed by atoms with Gasteiger partial charge in [0.1, 0.15) is 0 Å². The van der Waals surface area contributed by atoms with Crippen molar-refractivity contribution in [2.75, 3.05) is 26.8 Å². The number of pyridine rings is 1. The largest absolute Gasteiger partial charge is 0.461 e. The summed E-state index contributed by atoms with van der Waals surface area (Å²) in [6, 6.07) is 6.27. The topological polar surface area (TPSA) is 67.5 Å². The van der Waals surface area contributed by atoms with Gasteiger partial charge >= 0.3 is 5.97 Å². The number of methoxy groups -OCH3 is 1. The van der Waals surface area contributed by atoms with E-state index in [1.165, 1.54) is 5.56 Å². The number of carbonyl (C=O) groups excluding carboxylic acids is 1. The van der Waals surface area contributed by atoms with Crippen LogP contribution in [0.15, 0.2) is 24.4 Å². The molecule has 27 heavy (non-hydrogen) atoms. The molecule has 1 N–H and O–H groups in total. The Morgan fingerprint density at radius 3 is 2.59 bits per heavy atom. The lowest BCUT2D eigenvalue weighted by molar-refractivity contribution is 0.0514. The van der Waals surface area contributed by atoms with Gasteiger partial charge in [-0.25, -0.2) is 9.78 Å². The molecule has 0 aliphatic heterocycles. The van der Waals surface area contributed by atoms with E-state index in [4.69, 9.17) is 9.47 Å². The zero-order valence-corrected chi connectivity index (χ0v) is 16.5. The second-order valence-electron chi connectivity index (χ2n) is 6.45. The van der Waals surface area contributed by atoms with Gasteiger partial charge in [-0.15, -0.1) is 0 Å². The van der Waals surface area contributed by atoms with Gasteiger partial charge < -0.3 is 14.5 Å². The van der Waals surface area contributed by atoms with Crippen molar-refractivity contribution in [3.8, 4) is 0 Å². The summed E-state index contributed by atoms with van der Waals surface area (Å²) in [7, 11) is 1.62. The van der Waals surface area contributed by atoms with Gasteiger partial charge in [-0.05, 0) is 31.6 Å². The van der Waals surface area contributed by atoms with Crippen LogP contribution >= 0.6 is 0 Å². The summed E-state index contributed by atoms with van der Waals surface area (Å²) in [5, 5.41) is 2.12. The first-order valence-corrected chi connectivity index (χ1v) is 9.44. The SMILES string of the molecule is CCOC(=O)c1ncc2[nH]c3cccc(CN(CC)CC)c3c2c1COC. The van der Waals surface area contributed by atoms with Crippen LogP contribution in [0.3, 0.4) is 0 Å². The van der Waals surface area contributed by atoms with Crippen LogP contribution in [0.1, 0.15) is 42.4 Å². The van der Waals surface area contributed by atoms with Gasteiger partial charge in [0.2, 0.25) is 0 Å². The highest BCUT2D eigenvalue weighted by Crippen LogP contribution is 2.33. The fraction of sp³-hybridized carbons (Fsp3) is 0.429. The highest BCUT2D eigenvalue weighted by Gasteiger charge is 2.21.